The number of primary amides is 1. The lowest BCUT2D eigenvalue weighted by Crippen LogP contribution is -2.10. The lowest BCUT2D eigenvalue weighted by Gasteiger charge is -2.01. The molecule has 1 aliphatic heterocycles. The molecule has 2 rings (SSSR count). The highest BCUT2D eigenvalue weighted by Gasteiger charge is 2.07. The molecule has 1 aromatic carbocycles. The van der Waals surface area contributed by atoms with Crippen molar-refractivity contribution in [1.82, 2.24) is 0 Å². The summed E-state index contributed by atoms with van der Waals surface area (Å²) in [5.41, 5.74) is 6.91. The Labute approximate surface area is 103 Å². The largest absolute Gasteiger partial charge is 0.366 e. The van der Waals surface area contributed by atoms with Crippen LogP contribution in [0.5, 0.6) is 0 Å². The minimum atomic E-state index is -0.380. The summed E-state index contributed by atoms with van der Waals surface area (Å²) in [6.45, 7) is 0.938. The van der Waals surface area contributed by atoms with Crippen molar-refractivity contribution in [2.45, 2.75) is 5.75 Å². The van der Waals surface area contributed by atoms with E-state index in [0.717, 1.165) is 18.1 Å². The molecule has 2 N–H and O–H groups in total. The molecule has 5 heteroatoms. The second kappa shape index (κ2) is 5.41. The first-order valence-corrected chi connectivity index (χ1v) is 6.91. The molecule has 3 nitrogen and oxygen atoms in total. The molecule has 0 saturated carbocycles. The summed E-state index contributed by atoms with van der Waals surface area (Å²) < 4.78 is 1.17. The van der Waals surface area contributed by atoms with E-state index in [9.17, 15) is 4.79 Å². The van der Waals surface area contributed by atoms with Gasteiger partial charge < -0.3 is 5.73 Å². The third-order valence-corrected chi connectivity index (χ3v) is 4.48. The zero-order valence-corrected chi connectivity index (χ0v) is 10.3. The standard InChI is InChI=1S/C11H12N2OS2/c12-10(14)9-3-1-8(2-4-9)7-16-11-13-5-6-15-11/h1-4H,5-7H2,(H2,12,14). The summed E-state index contributed by atoms with van der Waals surface area (Å²) in [4.78, 5) is 15.2. The number of carbonyl (C=O) groups excluding carboxylic acids is 1. The number of thioether (sulfide) groups is 2. The number of hydrogen-bond donors (Lipinski definition) is 1. The number of aliphatic imine (C=N–C) groups is 1. The maximum Gasteiger partial charge on any atom is 0.248 e. The molecule has 0 atom stereocenters. The number of nitrogens with two attached hydrogens (primary N) is 1. The van der Waals surface area contributed by atoms with E-state index >= 15 is 0 Å². The quantitative estimate of drug-likeness (QED) is 0.896. The first-order valence-electron chi connectivity index (χ1n) is 4.94. The van der Waals surface area contributed by atoms with E-state index in [0.29, 0.717) is 5.56 Å². The number of nitrogens with zero attached hydrogens (tertiary/aromatic N) is 1. The van der Waals surface area contributed by atoms with Crippen molar-refractivity contribution in [2.24, 2.45) is 10.7 Å². The van der Waals surface area contributed by atoms with Crippen LogP contribution in [0.3, 0.4) is 0 Å². The third kappa shape index (κ3) is 3.02. The highest BCUT2D eigenvalue weighted by Crippen LogP contribution is 2.25. The Kier molecular flexibility index (Phi) is 3.90. The Bertz CT molecular complexity index is 414. The van der Waals surface area contributed by atoms with Crippen LogP contribution in [-0.2, 0) is 5.75 Å². The van der Waals surface area contributed by atoms with E-state index in [-0.39, 0.29) is 5.91 Å². The predicted octanol–water partition coefficient (Wildman–Crippen LogP) is 2.12. The smallest absolute Gasteiger partial charge is 0.248 e. The zero-order valence-electron chi connectivity index (χ0n) is 8.68. The minimum Gasteiger partial charge on any atom is -0.366 e. The fourth-order valence-corrected chi connectivity index (χ4v) is 3.28. The van der Waals surface area contributed by atoms with Gasteiger partial charge in [-0.2, -0.15) is 0 Å². The summed E-state index contributed by atoms with van der Waals surface area (Å²) in [6, 6.07) is 7.41. The van der Waals surface area contributed by atoms with Gasteiger partial charge in [-0.3, -0.25) is 9.79 Å². The molecule has 1 aromatic rings. The fourth-order valence-electron chi connectivity index (χ4n) is 1.31. The van der Waals surface area contributed by atoms with Crippen LogP contribution < -0.4 is 5.73 Å². The van der Waals surface area contributed by atoms with Gasteiger partial charge in [0.15, 0.2) is 0 Å². The van der Waals surface area contributed by atoms with Crippen LogP contribution >= 0.6 is 23.5 Å². The lowest BCUT2D eigenvalue weighted by atomic mass is 10.1. The van der Waals surface area contributed by atoms with E-state index in [1.165, 1.54) is 9.94 Å². The second-order valence-electron chi connectivity index (χ2n) is 3.35. The lowest BCUT2D eigenvalue weighted by molar-refractivity contribution is 0.100. The van der Waals surface area contributed by atoms with Crippen LogP contribution in [0.4, 0.5) is 0 Å². The molecule has 1 heterocycles. The van der Waals surface area contributed by atoms with Gasteiger partial charge in [-0.15, -0.1) is 0 Å². The Hall–Kier alpha value is -0.940. The van der Waals surface area contributed by atoms with Gasteiger partial charge in [0.05, 0.1) is 6.54 Å². The highest BCUT2D eigenvalue weighted by atomic mass is 32.2. The van der Waals surface area contributed by atoms with Gasteiger partial charge in [-0.1, -0.05) is 35.7 Å². The minimum absolute atomic E-state index is 0.380. The maximum absolute atomic E-state index is 10.9. The number of hydrogen-bond acceptors (Lipinski definition) is 4. The number of carbonyl (C=O) groups is 1. The molecule has 0 fully saturated rings. The molecule has 0 spiro atoms. The third-order valence-electron chi connectivity index (χ3n) is 2.16. The average molecular weight is 252 g/mol. The van der Waals surface area contributed by atoms with Crippen molar-refractivity contribution in [2.75, 3.05) is 12.3 Å². The normalized spacial score (nSPS) is 14.9. The van der Waals surface area contributed by atoms with Crippen molar-refractivity contribution >= 4 is 33.8 Å². The summed E-state index contributed by atoms with van der Waals surface area (Å²) >= 11 is 3.56. The maximum atomic E-state index is 10.9. The molecule has 1 aliphatic rings. The number of rotatable bonds is 3. The topological polar surface area (TPSA) is 55.5 Å². The van der Waals surface area contributed by atoms with Crippen molar-refractivity contribution in [3.63, 3.8) is 0 Å². The zero-order chi connectivity index (χ0) is 11.4. The van der Waals surface area contributed by atoms with Gasteiger partial charge in [0.2, 0.25) is 5.91 Å². The molecule has 0 radical (unpaired) electrons. The van der Waals surface area contributed by atoms with Crippen LogP contribution in [0.15, 0.2) is 29.3 Å². The Morgan fingerprint density at radius 1 is 1.44 bits per heavy atom. The SMILES string of the molecule is NC(=O)c1ccc(CSC2=NCCS2)cc1. The van der Waals surface area contributed by atoms with Crippen molar-refractivity contribution in [1.29, 1.82) is 0 Å². The van der Waals surface area contributed by atoms with Gasteiger partial charge in [0.1, 0.15) is 4.38 Å². The predicted molar refractivity (Wildman–Crippen MR) is 71.0 cm³/mol. The summed E-state index contributed by atoms with van der Waals surface area (Å²) in [7, 11) is 0. The van der Waals surface area contributed by atoms with Crippen molar-refractivity contribution < 1.29 is 4.79 Å². The second-order valence-corrected chi connectivity index (χ2v) is 5.65. The molecular weight excluding hydrogens is 240 g/mol. The van der Waals surface area contributed by atoms with Gasteiger partial charge in [0, 0.05) is 17.1 Å². The summed E-state index contributed by atoms with van der Waals surface area (Å²) in [5, 5.41) is 0. The van der Waals surface area contributed by atoms with Crippen LogP contribution in [0.25, 0.3) is 0 Å². The van der Waals surface area contributed by atoms with Gasteiger partial charge in [-0.25, -0.2) is 0 Å². The molecule has 1 amide bonds. The summed E-state index contributed by atoms with van der Waals surface area (Å²) in [5.74, 6) is 1.61. The van der Waals surface area contributed by atoms with Crippen LogP contribution in [0, 0.1) is 0 Å². The first kappa shape index (κ1) is 11.5. The van der Waals surface area contributed by atoms with Crippen molar-refractivity contribution in [3.05, 3.63) is 35.4 Å². The van der Waals surface area contributed by atoms with E-state index in [2.05, 4.69) is 4.99 Å². The van der Waals surface area contributed by atoms with Gasteiger partial charge in [0.25, 0.3) is 0 Å². The number of amides is 1. The molecule has 0 unspecified atom stereocenters. The van der Waals surface area contributed by atoms with E-state index in [1.807, 2.05) is 23.9 Å². The molecule has 16 heavy (non-hydrogen) atoms. The Balaban J connectivity index is 1.92. The van der Waals surface area contributed by atoms with Crippen LogP contribution in [0.2, 0.25) is 0 Å². The van der Waals surface area contributed by atoms with Gasteiger partial charge in [-0.05, 0) is 17.7 Å². The van der Waals surface area contributed by atoms with E-state index in [4.69, 9.17) is 5.73 Å². The van der Waals surface area contributed by atoms with Crippen molar-refractivity contribution in [3.8, 4) is 0 Å². The molecular formula is C11H12N2OS2. The highest BCUT2D eigenvalue weighted by molar-refractivity contribution is 8.38. The molecule has 84 valence electrons. The van der Waals surface area contributed by atoms with E-state index < -0.39 is 0 Å². The van der Waals surface area contributed by atoms with Crippen LogP contribution in [0.1, 0.15) is 15.9 Å². The van der Waals surface area contributed by atoms with Gasteiger partial charge >= 0.3 is 0 Å². The van der Waals surface area contributed by atoms with E-state index in [1.54, 1.807) is 23.9 Å². The fraction of sp³-hybridized carbons (Fsp3) is 0.273. The summed E-state index contributed by atoms with van der Waals surface area (Å²) in [6.07, 6.45) is 0. The Morgan fingerprint density at radius 3 is 2.75 bits per heavy atom. The molecule has 0 saturated heterocycles. The van der Waals surface area contributed by atoms with Crippen LogP contribution in [-0.4, -0.2) is 22.6 Å². The molecule has 0 aromatic heterocycles. The first-order chi connectivity index (χ1) is 7.75. The average Bonchev–Trinajstić information content (AvgIpc) is 2.80. The molecule has 0 aliphatic carbocycles. The molecule has 0 bridgehead atoms. The Morgan fingerprint density at radius 2 is 2.19 bits per heavy atom. The number of benzene rings is 1. The monoisotopic (exact) mass is 252 g/mol.